The van der Waals surface area contributed by atoms with Crippen LogP contribution in [0.25, 0.3) is 0 Å². The first-order chi connectivity index (χ1) is 27.9. The van der Waals surface area contributed by atoms with Crippen LogP contribution in [0.1, 0.15) is 100 Å². The van der Waals surface area contributed by atoms with Crippen molar-refractivity contribution in [2.45, 2.75) is 147 Å². The van der Waals surface area contributed by atoms with E-state index in [2.05, 4.69) is 0 Å². The lowest BCUT2D eigenvalue weighted by atomic mass is 9.32. The molecule has 328 valence electrons. The third kappa shape index (κ3) is 4.52. The minimum Gasteiger partial charge on any atom is -0.512 e. The topological polar surface area (TPSA) is 239 Å². The number of cyclic esters (lactones) is 1. The highest BCUT2D eigenvalue weighted by molar-refractivity contribution is 5.92. The lowest BCUT2D eigenvalue weighted by molar-refractivity contribution is -0.490. The Labute approximate surface area is 345 Å². The molecule has 4 aliphatic carbocycles. The van der Waals surface area contributed by atoms with Crippen molar-refractivity contribution in [3.05, 3.63) is 35.5 Å². The van der Waals surface area contributed by atoms with E-state index in [9.17, 15) is 39.0 Å². The molecule has 1 aromatic heterocycles. The van der Waals surface area contributed by atoms with Crippen LogP contribution in [0, 0.1) is 34.0 Å². The lowest BCUT2D eigenvalue weighted by Crippen LogP contribution is -2.97. The molecular weight excluding hydrogens is 792 g/mol. The summed E-state index contributed by atoms with van der Waals surface area (Å²) in [6, 6.07) is 1.50. The minimum atomic E-state index is -2.63. The molecule has 60 heavy (non-hydrogen) atoms. The van der Waals surface area contributed by atoms with E-state index in [1.54, 1.807) is 41.5 Å². The van der Waals surface area contributed by atoms with Crippen molar-refractivity contribution in [3.8, 4) is 0 Å². The highest BCUT2D eigenvalue weighted by Gasteiger charge is 3.07. The zero-order chi connectivity index (χ0) is 44.1. The van der Waals surface area contributed by atoms with Gasteiger partial charge in [0.1, 0.15) is 23.6 Å². The zero-order valence-electron chi connectivity index (χ0n) is 35.4. The Hall–Kier alpha value is -4.52. The molecule has 18 nitrogen and oxygen atoms in total. The number of carbonyl (C=O) groups excluding carboxylic acids is 6. The number of allylic oxidation sites excluding steroid dienone is 1. The number of rotatable bonds is 9. The van der Waals surface area contributed by atoms with Gasteiger partial charge in [-0.3, -0.25) is 24.0 Å². The molecule has 4 bridgehead atoms. The summed E-state index contributed by atoms with van der Waals surface area (Å²) in [6.45, 7) is 14.4. The molecule has 2 spiro atoms. The molecule has 2 unspecified atom stereocenters. The third-order valence-corrected chi connectivity index (χ3v) is 15.1. The molecule has 7 fully saturated rings. The SMILES string of the molecule is CC/C(O)=C1/C(=O)O[C@@H](c2ccoc2)[C@]2(C)C(OC(C)=O)C(OC(C)=O)[C@@]34O[C@@]5(C)O[C@]3([C@H]12)[C@H](OC(C)=O)[C@@]1(O)[C@@H](OC(=O)C(C)C)[C@]2(C)C[C@@]1(O5)[C@@]4(C)[C@H]2CC(=O)OC. The van der Waals surface area contributed by atoms with Gasteiger partial charge in [-0.1, -0.05) is 41.5 Å². The highest BCUT2D eigenvalue weighted by atomic mass is 16.9. The first-order valence-corrected chi connectivity index (χ1v) is 20.1. The van der Waals surface area contributed by atoms with Crippen LogP contribution in [0.3, 0.4) is 0 Å². The predicted octanol–water partition coefficient (Wildman–Crippen LogP) is 3.42. The fraction of sp³-hybridized carbons (Fsp3) is 0.714. The Kier molecular flexibility index (Phi) is 8.97. The number of aliphatic hydroxyl groups is 2. The number of fused-ring (bicyclic) bond motifs is 3. The standard InChI is InChI=1S/C42H52O18/c1-12-23(46)26-27-36(8,28(56-32(26)49)22-13-14-52-16-22)29(53-19(4)43)30(54-20(5)44)42-37(9)24(15-25(47)51-11)35(7)17-39(37)40(50,33(35)57-31(48)18(2)3)34(55-21(6)45)41(27,42)59-38(10,58-39)60-42/h13-14,16,18,24,27-30,33-34,46,50H,12,15,17H2,1-11H3/b26-23-/t24-,27+,28-,29?,30?,33-,34+,35+,36+,37+,38+,39+,40-,41+,42-/m0/s1. The summed E-state index contributed by atoms with van der Waals surface area (Å²) in [5.74, 6) is -11.6. The second-order valence-corrected chi connectivity index (χ2v) is 18.4. The Morgan fingerprint density at radius 1 is 0.900 bits per heavy atom. The van der Waals surface area contributed by atoms with Crippen molar-refractivity contribution in [2.75, 3.05) is 7.11 Å². The van der Waals surface area contributed by atoms with Gasteiger partial charge in [0, 0.05) is 62.8 Å². The van der Waals surface area contributed by atoms with Gasteiger partial charge in [0.15, 0.2) is 35.1 Å². The van der Waals surface area contributed by atoms with Gasteiger partial charge in [-0.15, -0.1) is 0 Å². The molecule has 0 radical (unpaired) electrons. The summed E-state index contributed by atoms with van der Waals surface area (Å²) in [5.41, 5.74) is -15.0. The highest BCUT2D eigenvalue weighted by Crippen LogP contribution is 2.90. The molecule has 7 aliphatic rings. The normalized spacial score (nSPS) is 47.1. The number of ether oxygens (including phenoxy) is 9. The first kappa shape index (κ1) is 42.2. The Morgan fingerprint density at radius 2 is 1.53 bits per heavy atom. The maximum Gasteiger partial charge on any atom is 0.338 e. The quantitative estimate of drug-likeness (QED) is 0.157. The maximum absolute atomic E-state index is 14.8. The lowest BCUT2D eigenvalue weighted by Gasteiger charge is -2.78. The molecule has 3 saturated heterocycles. The van der Waals surface area contributed by atoms with Crippen LogP contribution in [-0.4, -0.2) is 106 Å². The summed E-state index contributed by atoms with van der Waals surface area (Å²) in [5, 5.41) is 26.2. The van der Waals surface area contributed by atoms with E-state index in [0.717, 1.165) is 20.8 Å². The molecular formula is C42H52O18. The molecule has 4 saturated carbocycles. The van der Waals surface area contributed by atoms with Gasteiger partial charge < -0.3 is 57.3 Å². The molecule has 0 aromatic carbocycles. The van der Waals surface area contributed by atoms with Crippen molar-refractivity contribution >= 4 is 35.8 Å². The predicted molar refractivity (Wildman–Crippen MR) is 196 cm³/mol. The molecule has 2 N–H and O–H groups in total. The monoisotopic (exact) mass is 844 g/mol. The van der Waals surface area contributed by atoms with Crippen molar-refractivity contribution in [1.82, 2.24) is 0 Å². The van der Waals surface area contributed by atoms with Crippen molar-refractivity contribution < 1.29 is 86.0 Å². The summed E-state index contributed by atoms with van der Waals surface area (Å²) in [7, 11) is 1.19. The number of methoxy groups -OCH3 is 1. The van der Waals surface area contributed by atoms with E-state index in [4.69, 9.17) is 47.0 Å². The van der Waals surface area contributed by atoms with Crippen LogP contribution in [0.2, 0.25) is 0 Å². The minimum absolute atomic E-state index is 0.169. The van der Waals surface area contributed by atoms with Crippen LogP contribution in [-0.2, 0) is 71.4 Å². The Bertz CT molecular complexity index is 2110. The van der Waals surface area contributed by atoms with Gasteiger partial charge >= 0.3 is 35.8 Å². The van der Waals surface area contributed by atoms with Crippen LogP contribution in [0.4, 0.5) is 0 Å². The number of hydrogen-bond donors (Lipinski definition) is 2. The van der Waals surface area contributed by atoms with Crippen LogP contribution in [0.5, 0.6) is 0 Å². The van der Waals surface area contributed by atoms with Gasteiger partial charge in [0.25, 0.3) is 5.97 Å². The summed E-state index contributed by atoms with van der Waals surface area (Å²) >= 11 is 0. The second kappa shape index (κ2) is 12.8. The van der Waals surface area contributed by atoms with E-state index < -0.39 is 146 Å². The van der Waals surface area contributed by atoms with E-state index in [1.807, 2.05) is 0 Å². The molecule has 18 heteroatoms. The summed E-state index contributed by atoms with van der Waals surface area (Å²) in [4.78, 5) is 83.4. The Morgan fingerprint density at radius 3 is 2.08 bits per heavy atom. The number of carbonyl (C=O) groups is 6. The first-order valence-electron chi connectivity index (χ1n) is 20.1. The van der Waals surface area contributed by atoms with E-state index in [1.165, 1.54) is 32.6 Å². The fourth-order valence-electron chi connectivity index (χ4n) is 13.6. The van der Waals surface area contributed by atoms with Gasteiger partial charge in [-0.05, 0) is 18.4 Å². The van der Waals surface area contributed by atoms with Crippen molar-refractivity contribution in [1.29, 1.82) is 0 Å². The number of furan rings is 1. The maximum atomic E-state index is 14.8. The molecule has 4 heterocycles. The summed E-state index contributed by atoms with van der Waals surface area (Å²) in [6.07, 6.45) is -6.80. The van der Waals surface area contributed by atoms with Crippen LogP contribution in [0.15, 0.2) is 34.3 Å². The van der Waals surface area contributed by atoms with Gasteiger partial charge in [-0.25, -0.2) is 4.79 Å². The average Bonchev–Trinajstić information content (AvgIpc) is 3.86. The smallest absolute Gasteiger partial charge is 0.338 e. The second-order valence-electron chi connectivity index (χ2n) is 18.4. The van der Waals surface area contributed by atoms with Crippen molar-refractivity contribution in [2.24, 2.45) is 34.0 Å². The Balaban J connectivity index is 1.61. The van der Waals surface area contributed by atoms with E-state index in [0.29, 0.717) is 0 Å². The molecule has 15 atom stereocenters. The zero-order valence-corrected chi connectivity index (χ0v) is 35.4. The van der Waals surface area contributed by atoms with Crippen LogP contribution < -0.4 is 0 Å². The largest absolute Gasteiger partial charge is 0.512 e. The number of hydrogen-bond acceptors (Lipinski definition) is 18. The fourth-order valence-corrected chi connectivity index (χ4v) is 13.6. The van der Waals surface area contributed by atoms with Gasteiger partial charge in [0.2, 0.25) is 0 Å². The van der Waals surface area contributed by atoms with E-state index in [-0.39, 0.29) is 18.4 Å². The van der Waals surface area contributed by atoms with Crippen molar-refractivity contribution in [3.63, 3.8) is 0 Å². The van der Waals surface area contributed by atoms with Crippen LogP contribution >= 0.6 is 0 Å². The number of aliphatic hydroxyl groups excluding tert-OH is 1. The summed E-state index contributed by atoms with van der Waals surface area (Å²) < 4.78 is 63.8. The van der Waals surface area contributed by atoms with Gasteiger partial charge in [0.05, 0.1) is 36.5 Å². The third-order valence-electron chi connectivity index (χ3n) is 15.1. The average molecular weight is 845 g/mol. The van der Waals surface area contributed by atoms with Gasteiger partial charge in [-0.2, -0.15) is 0 Å². The number of esters is 6. The molecule has 3 aliphatic heterocycles. The molecule has 0 amide bonds. The molecule has 1 aromatic rings. The molecule has 8 rings (SSSR count). The van der Waals surface area contributed by atoms with E-state index >= 15 is 0 Å².